The summed E-state index contributed by atoms with van der Waals surface area (Å²) in [4.78, 5) is 10.4. The summed E-state index contributed by atoms with van der Waals surface area (Å²) in [6.45, 7) is 2.57. The number of carboxylic acids is 1. The van der Waals surface area contributed by atoms with Crippen molar-refractivity contribution in [1.29, 1.82) is 0 Å². The Labute approximate surface area is 109 Å². The molecule has 0 heterocycles. The molecule has 0 fully saturated rings. The van der Waals surface area contributed by atoms with Crippen LogP contribution in [-0.4, -0.2) is 17.7 Å². The third-order valence-corrected chi connectivity index (χ3v) is 2.83. The van der Waals surface area contributed by atoms with E-state index in [1.807, 2.05) is 25.1 Å². The Hall–Kier alpha value is -0.780. The molecule has 0 saturated carbocycles. The number of rotatable bonds is 6. The highest BCUT2D eigenvalue weighted by molar-refractivity contribution is 14.1. The lowest BCUT2D eigenvalue weighted by atomic mass is 10.1. The molecule has 1 aromatic carbocycles. The van der Waals surface area contributed by atoms with Crippen molar-refractivity contribution in [1.82, 2.24) is 0 Å². The highest BCUT2D eigenvalue weighted by atomic mass is 127. The molecule has 1 N–H and O–H groups in total. The van der Waals surface area contributed by atoms with Crippen molar-refractivity contribution in [3.63, 3.8) is 0 Å². The molecule has 16 heavy (non-hydrogen) atoms. The molecule has 0 spiro atoms. The Balaban J connectivity index is 2.67. The zero-order valence-corrected chi connectivity index (χ0v) is 11.4. The van der Waals surface area contributed by atoms with E-state index in [-0.39, 0.29) is 6.42 Å². The molecule has 0 atom stereocenters. The van der Waals surface area contributed by atoms with Crippen LogP contribution < -0.4 is 4.74 Å². The molecule has 88 valence electrons. The molecule has 0 bridgehead atoms. The minimum atomic E-state index is -0.747. The summed E-state index contributed by atoms with van der Waals surface area (Å²) < 4.78 is 6.64. The van der Waals surface area contributed by atoms with Crippen molar-refractivity contribution >= 4 is 28.6 Å². The number of carbonyl (C=O) groups is 1. The zero-order valence-electron chi connectivity index (χ0n) is 9.20. The Bertz CT molecular complexity index is 363. The summed E-state index contributed by atoms with van der Waals surface area (Å²) in [5.74, 6) is 0.122. The molecular formula is C12H15IO3. The number of hydrogen-bond acceptors (Lipinski definition) is 2. The molecule has 4 heteroatoms. The van der Waals surface area contributed by atoms with Crippen LogP contribution in [0.1, 0.15) is 25.3 Å². The minimum absolute atomic E-state index is 0.205. The molecular weight excluding hydrogens is 319 g/mol. The molecule has 1 aromatic rings. The summed E-state index contributed by atoms with van der Waals surface area (Å²) in [6, 6.07) is 5.99. The van der Waals surface area contributed by atoms with Gasteiger partial charge in [-0.3, -0.25) is 4.79 Å². The van der Waals surface area contributed by atoms with Gasteiger partial charge in [-0.15, -0.1) is 0 Å². The average Bonchev–Trinajstić information content (AvgIpc) is 2.21. The van der Waals surface area contributed by atoms with E-state index >= 15 is 0 Å². The van der Waals surface area contributed by atoms with Gasteiger partial charge in [0.15, 0.2) is 0 Å². The quantitative estimate of drug-likeness (QED) is 0.814. The maximum Gasteiger partial charge on any atom is 0.303 e. The van der Waals surface area contributed by atoms with Crippen LogP contribution in [0.3, 0.4) is 0 Å². The fraction of sp³-hybridized carbons (Fsp3) is 0.417. The molecule has 0 aliphatic rings. The number of ether oxygens (including phenoxy) is 1. The van der Waals surface area contributed by atoms with Gasteiger partial charge < -0.3 is 9.84 Å². The van der Waals surface area contributed by atoms with E-state index in [9.17, 15) is 4.79 Å². The van der Waals surface area contributed by atoms with Crippen molar-refractivity contribution < 1.29 is 14.6 Å². The maximum absolute atomic E-state index is 10.4. The van der Waals surface area contributed by atoms with Crippen LogP contribution in [0.15, 0.2) is 18.2 Å². The van der Waals surface area contributed by atoms with Crippen molar-refractivity contribution in [3.8, 4) is 5.75 Å². The monoisotopic (exact) mass is 334 g/mol. The van der Waals surface area contributed by atoms with Crippen molar-refractivity contribution in [2.75, 3.05) is 6.61 Å². The molecule has 1 rings (SSSR count). The van der Waals surface area contributed by atoms with Crippen molar-refractivity contribution in [3.05, 3.63) is 27.3 Å². The van der Waals surface area contributed by atoms with Crippen LogP contribution in [0.5, 0.6) is 5.75 Å². The van der Waals surface area contributed by atoms with Crippen molar-refractivity contribution in [2.45, 2.75) is 26.2 Å². The fourth-order valence-corrected chi connectivity index (χ4v) is 2.03. The van der Waals surface area contributed by atoms with Gasteiger partial charge in [0, 0.05) is 9.99 Å². The highest BCUT2D eigenvalue weighted by Crippen LogP contribution is 2.23. The third-order valence-electron chi connectivity index (χ3n) is 2.16. The standard InChI is InChI=1S/C12H15IO3/c1-2-16-11-7-6-10(13)8-9(11)4-3-5-12(14)15/h6-8H,2-5H2,1H3,(H,14,15). The van der Waals surface area contributed by atoms with Crippen LogP contribution >= 0.6 is 22.6 Å². The van der Waals surface area contributed by atoms with Gasteiger partial charge in [-0.05, 0) is 66.1 Å². The summed E-state index contributed by atoms with van der Waals surface area (Å²) in [5, 5.41) is 8.59. The van der Waals surface area contributed by atoms with Crippen molar-refractivity contribution in [2.24, 2.45) is 0 Å². The molecule has 3 nitrogen and oxygen atoms in total. The summed E-state index contributed by atoms with van der Waals surface area (Å²) in [5.41, 5.74) is 1.09. The topological polar surface area (TPSA) is 46.5 Å². The Morgan fingerprint density at radius 3 is 2.88 bits per heavy atom. The molecule has 0 amide bonds. The minimum Gasteiger partial charge on any atom is -0.494 e. The van der Waals surface area contributed by atoms with E-state index in [4.69, 9.17) is 9.84 Å². The van der Waals surface area contributed by atoms with E-state index in [1.165, 1.54) is 0 Å². The second kappa shape index (κ2) is 6.73. The largest absolute Gasteiger partial charge is 0.494 e. The fourth-order valence-electron chi connectivity index (χ4n) is 1.47. The first-order valence-corrected chi connectivity index (χ1v) is 6.34. The van der Waals surface area contributed by atoms with E-state index < -0.39 is 5.97 Å². The number of benzene rings is 1. The average molecular weight is 334 g/mol. The Morgan fingerprint density at radius 2 is 2.25 bits per heavy atom. The van der Waals surface area contributed by atoms with Gasteiger partial charge in [0.25, 0.3) is 0 Å². The number of halogens is 1. The first kappa shape index (κ1) is 13.3. The van der Waals surface area contributed by atoms with Gasteiger partial charge in [-0.2, -0.15) is 0 Å². The van der Waals surface area contributed by atoms with Crippen LogP contribution in [-0.2, 0) is 11.2 Å². The van der Waals surface area contributed by atoms with E-state index in [1.54, 1.807) is 0 Å². The smallest absolute Gasteiger partial charge is 0.303 e. The van der Waals surface area contributed by atoms with Gasteiger partial charge >= 0.3 is 5.97 Å². The van der Waals surface area contributed by atoms with Gasteiger partial charge in [0.2, 0.25) is 0 Å². The lowest BCUT2D eigenvalue weighted by Gasteiger charge is -2.10. The first-order valence-electron chi connectivity index (χ1n) is 5.26. The SMILES string of the molecule is CCOc1ccc(I)cc1CCCC(=O)O. The number of carboxylic acid groups (broad SMARTS) is 1. The second-order valence-electron chi connectivity index (χ2n) is 3.43. The normalized spacial score (nSPS) is 10.1. The lowest BCUT2D eigenvalue weighted by molar-refractivity contribution is -0.137. The second-order valence-corrected chi connectivity index (χ2v) is 4.68. The number of aliphatic carboxylic acids is 1. The van der Waals surface area contributed by atoms with E-state index in [0.29, 0.717) is 13.0 Å². The van der Waals surface area contributed by atoms with Gasteiger partial charge in [0.1, 0.15) is 5.75 Å². The molecule has 0 aliphatic carbocycles. The van der Waals surface area contributed by atoms with Gasteiger partial charge in [0.05, 0.1) is 6.61 Å². The molecule has 0 radical (unpaired) electrons. The molecule has 0 aliphatic heterocycles. The molecule has 0 unspecified atom stereocenters. The summed E-state index contributed by atoms with van der Waals surface area (Å²) in [7, 11) is 0. The summed E-state index contributed by atoms with van der Waals surface area (Å²) >= 11 is 2.24. The van der Waals surface area contributed by atoms with Gasteiger partial charge in [-0.25, -0.2) is 0 Å². The predicted octanol–water partition coefficient (Wildman–Crippen LogP) is 3.10. The van der Waals surface area contributed by atoms with E-state index in [2.05, 4.69) is 22.6 Å². The van der Waals surface area contributed by atoms with Crippen LogP contribution in [0.2, 0.25) is 0 Å². The maximum atomic E-state index is 10.4. The molecule has 0 aromatic heterocycles. The van der Waals surface area contributed by atoms with Crippen LogP contribution in [0.4, 0.5) is 0 Å². The van der Waals surface area contributed by atoms with E-state index in [0.717, 1.165) is 21.3 Å². The lowest BCUT2D eigenvalue weighted by Crippen LogP contribution is -2.00. The predicted molar refractivity (Wildman–Crippen MR) is 70.9 cm³/mol. The third kappa shape index (κ3) is 4.38. The first-order chi connectivity index (χ1) is 7.63. The zero-order chi connectivity index (χ0) is 12.0. The number of aryl methyl sites for hydroxylation is 1. The Kier molecular flexibility index (Phi) is 5.59. The van der Waals surface area contributed by atoms with Crippen LogP contribution in [0, 0.1) is 3.57 Å². The van der Waals surface area contributed by atoms with Crippen LogP contribution in [0.25, 0.3) is 0 Å². The number of hydrogen-bond donors (Lipinski definition) is 1. The summed E-state index contributed by atoms with van der Waals surface area (Å²) in [6.07, 6.45) is 1.60. The highest BCUT2D eigenvalue weighted by Gasteiger charge is 2.05. The Morgan fingerprint density at radius 1 is 1.50 bits per heavy atom. The molecule has 0 saturated heterocycles. The van der Waals surface area contributed by atoms with Gasteiger partial charge in [-0.1, -0.05) is 0 Å².